The molecule has 0 fully saturated rings. The monoisotopic (exact) mass is 238 g/mol. The third-order valence-electron chi connectivity index (χ3n) is 3.32. The number of rotatable bonds is 2. The van der Waals surface area contributed by atoms with Gasteiger partial charge in [-0.25, -0.2) is 0 Å². The van der Waals surface area contributed by atoms with E-state index in [9.17, 15) is 5.11 Å². The third kappa shape index (κ3) is 1.71. The molecule has 3 rings (SSSR count). The van der Waals surface area contributed by atoms with E-state index in [-0.39, 0.29) is 0 Å². The SMILES string of the molecule is Cc1ccc2ccccc2c1[C@H](O)c1ccoc1. The van der Waals surface area contributed by atoms with Crippen LogP contribution in [0.2, 0.25) is 0 Å². The second-order valence-corrected chi connectivity index (χ2v) is 4.48. The summed E-state index contributed by atoms with van der Waals surface area (Å²) >= 11 is 0. The first-order valence-corrected chi connectivity index (χ1v) is 5.96. The molecule has 0 bridgehead atoms. The number of hydrogen-bond acceptors (Lipinski definition) is 2. The summed E-state index contributed by atoms with van der Waals surface area (Å²) in [5.41, 5.74) is 2.83. The van der Waals surface area contributed by atoms with Crippen LogP contribution in [-0.4, -0.2) is 5.11 Å². The lowest BCUT2D eigenvalue weighted by atomic mass is 9.93. The molecule has 0 saturated heterocycles. The van der Waals surface area contributed by atoms with Crippen molar-refractivity contribution in [1.82, 2.24) is 0 Å². The molecule has 1 N–H and O–H groups in total. The highest BCUT2D eigenvalue weighted by Gasteiger charge is 2.16. The molecule has 2 nitrogen and oxygen atoms in total. The average molecular weight is 238 g/mol. The molecule has 0 aliphatic heterocycles. The van der Waals surface area contributed by atoms with E-state index in [0.29, 0.717) is 0 Å². The minimum atomic E-state index is -0.644. The van der Waals surface area contributed by atoms with E-state index in [0.717, 1.165) is 27.5 Å². The van der Waals surface area contributed by atoms with Crippen LogP contribution in [0.3, 0.4) is 0 Å². The van der Waals surface area contributed by atoms with Crippen LogP contribution in [0.25, 0.3) is 10.8 Å². The second kappa shape index (κ2) is 4.31. The number of aryl methyl sites for hydroxylation is 1. The maximum atomic E-state index is 10.5. The molecule has 0 aliphatic carbocycles. The van der Waals surface area contributed by atoms with Crippen molar-refractivity contribution in [2.75, 3.05) is 0 Å². The molecule has 0 amide bonds. The summed E-state index contributed by atoms with van der Waals surface area (Å²) < 4.78 is 5.05. The van der Waals surface area contributed by atoms with Gasteiger partial charge in [0.25, 0.3) is 0 Å². The highest BCUT2D eigenvalue weighted by molar-refractivity contribution is 5.87. The quantitative estimate of drug-likeness (QED) is 0.736. The Morgan fingerprint density at radius 2 is 1.89 bits per heavy atom. The summed E-state index contributed by atoms with van der Waals surface area (Å²) in [4.78, 5) is 0. The number of aliphatic hydroxyl groups is 1. The van der Waals surface area contributed by atoms with Crippen molar-refractivity contribution in [3.63, 3.8) is 0 Å². The Kier molecular flexibility index (Phi) is 2.65. The molecule has 0 radical (unpaired) electrons. The number of hydrogen-bond donors (Lipinski definition) is 1. The van der Waals surface area contributed by atoms with Gasteiger partial charge in [0.15, 0.2) is 0 Å². The van der Waals surface area contributed by atoms with Crippen LogP contribution < -0.4 is 0 Å². The fraction of sp³-hybridized carbons (Fsp3) is 0.125. The molecule has 1 heterocycles. The minimum absolute atomic E-state index is 0.644. The highest BCUT2D eigenvalue weighted by atomic mass is 16.3. The van der Waals surface area contributed by atoms with Crippen LogP contribution in [-0.2, 0) is 0 Å². The van der Waals surface area contributed by atoms with E-state index >= 15 is 0 Å². The van der Waals surface area contributed by atoms with Gasteiger partial charge in [0, 0.05) is 5.56 Å². The normalized spacial score (nSPS) is 12.8. The largest absolute Gasteiger partial charge is 0.472 e. The molecule has 90 valence electrons. The molecule has 2 aromatic carbocycles. The van der Waals surface area contributed by atoms with Crippen molar-refractivity contribution in [3.8, 4) is 0 Å². The zero-order chi connectivity index (χ0) is 12.5. The first-order valence-electron chi connectivity index (χ1n) is 5.96. The smallest absolute Gasteiger partial charge is 0.108 e. The van der Waals surface area contributed by atoms with E-state index in [1.807, 2.05) is 31.2 Å². The Labute approximate surface area is 105 Å². The molecule has 0 aliphatic rings. The lowest BCUT2D eigenvalue weighted by Gasteiger charge is -2.15. The van der Waals surface area contributed by atoms with Crippen LogP contribution in [0.1, 0.15) is 22.8 Å². The summed E-state index contributed by atoms with van der Waals surface area (Å²) in [6.07, 6.45) is 2.53. The lowest BCUT2D eigenvalue weighted by Crippen LogP contribution is -2.01. The summed E-state index contributed by atoms with van der Waals surface area (Å²) in [5.74, 6) is 0. The van der Waals surface area contributed by atoms with Gasteiger partial charge < -0.3 is 9.52 Å². The zero-order valence-electron chi connectivity index (χ0n) is 10.1. The van der Waals surface area contributed by atoms with Crippen LogP contribution in [0, 0.1) is 6.92 Å². The summed E-state index contributed by atoms with van der Waals surface area (Å²) in [7, 11) is 0. The molecule has 3 aromatic rings. The van der Waals surface area contributed by atoms with E-state index < -0.39 is 6.10 Å². The van der Waals surface area contributed by atoms with Gasteiger partial charge >= 0.3 is 0 Å². The van der Waals surface area contributed by atoms with Crippen molar-refractivity contribution < 1.29 is 9.52 Å². The van der Waals surface area contributed by atoms with E-state index in [1.54, 1.807) is 18.6 Å². The minimum Gasteiger partial charge on any atom is -0.472 e. The molecule has 1 aromatic heterocycles. The van der Waals surface area contributed by atoms with Crippen LogP contribution in [0.5, 0.6) is 0 Å². The maximum absolute atomic E-state index is 10.5. The van der Waals surface area contributed by atoms with E-state index in [2.05, 4.69) is 12.1 Å². The molecule has 0 spiro atoms. The Bertz CT molecular complexity index is 669. The topological polar surface area (TPSA) is 33.4 Å². The number of aliphatic hydroxyl groups excluding tert-OH is 1. The van der Waals surface area contributed by atoms with Gasteiger partial charge in [-0.15, -0.1) is 0 Å². The number of fused-ring (bicyclic) bond motifs is 1. The standard InChI is InChI=1S/C16H14O2/c1-11-6-7-12-4-2-3-5-14(12)15(11)16(17)13-8-9-18-10-13/h2-10,16-17H,1H3/t16-/m1/s1. The summed E-state index contributed by atoms with van der Waals surface area (Å²) in [5, 5.41) is 12.7. The molecule has 2 heteroatoms. The third-order valence-corrected chi connectivity index (χ3v) is 3.32. The first-order chi connectivity index (χ1) is 8.77. The Hall–Kier alpha value is -2.06. The lowest BCUT2D eigenvalue weighted by molar-refractivity contribution is 0.220. The van der Waals surface area contributed by atoms with Crippen molar-refractivity contribution in [2.45, 2.75) is 13.0 Å². The average Bonchev–Trinajstić information content (AvgIpc) is 2.92. The Balaban J connectivity index is 2.24. The van der Waals surface area contributed by atoms with Gasteiger partial charge in [-0.05, 0) is 34.9 Å². The van der Waals surface area contributed by atoms with Crippen molar-refractivity contribution in [3.05, 3.63) is 71.7 Å². The zero-order valence-corrected chi connectivity index (χ0v) is 10.1. The Morgan fingerprint density at radius 1 is 1.06 bits per heavy atom. The van der Waals surface area contributed by atoms with Gasteiger partial charge in [0.05, 0.1) is 12.5 Å². The molecule has 0 saturated carbocycles. The van der Waals surface area contributed by atoms with Crippen molar-refractivity contribution >= 4 is 10.8 Å². The van der Waals surface area contributed by atoms with Crippen LogP contribution in [0.15, 0.2) is 59.4 Å². The molecule has 1 atom stereocenters. The maximum Gasteiger partial charge on any atom is 0.108 e. The van der Waals surface area contributed by atoms with Gasteiger partial charge in [-0.2, -0.15) is 0 Å². The van der Waals surface area contributed by atoms with Gasteiger partial charge in [-0.1, -0.05) is 36.4 Å². The molecular formula is C16H14O2. The predicted molar refractivity (Wildman–Crippen MR) is 71.5 cm³/mol. The van der Waals surface area contributed by atoms with E-state index in [1.165, 1.54) is 0 Å². The molecular weight excluding hydrogens is 224 g/mol. The van der Waals surface area contributed by atoms with Crippen molar-refractivity contribution in [2.24, 2.45) is 0 Å². The predicted octanol–water partition coefficient (Wildman–Crippen LogP) is 3.82. The van der Waals surface area contributed by atoms with Crippen LogP contribution in [0.4, 0.5) is 0 Å². The molecule has 18 heavy (non-hydrogen) atoms. The van der Waals surface area contributed by atoms with E-state index in [4.69, 9.17) is 4.42 Å². The first kappa shape index (κ1) is 11.1. The van der Waals surface area contributed by atoms with Gasteiger partial charge in [0.1, 0.15) is 6.10 Å². The van der Waals surface area contributed by atoms with Gasteiger partial charge in [0.2, 0.25) is 0 Å². The number of furan rings is 1. The second-order valence-electron chi connectivity index (χ2n) is 4.48. The molecule has 0 unspecified atom stereocenters. The highest BCUT2D eigenvalue weighted by Crippen LogP contribution is 2.31. The fourth-order valence-electron chi connectivity index (χ4n) is 2.36. The van der Waals surface area contributed by atoms with Crippen LogP contribution >= 0.6 is 0 Å². The number of benzene rings is 2. The Morgan fingerprint density at radius 3 is 2.67 bits per heavy atom. The summed E-state index contributed by atoms with van der Waals surface area (Å²) in [6, 6.07) is 14.0. The summed E-state index contributed by atoms with van der Waals surface area (Å²) in [6.45, 7) is 2.02. The van der Waals surface area contributed by atoms with Gasteiger partial charge in [-0.3, -0.25) is 0 Å². The fourth-order valence-corrected chi connectivity index (χ4v) is 2.36. The van der Waals surface area contributed by atoms with Crippen molar-refractivity contribution in [1.29, 1.82) is 0 Å².